The molecule has 4 aromatic rings. The Morgan fingerprint density at radius 2 is 1.32 bits per heavy atom. The molecule has 1 aliphatic heterocycles. The molecule has 1 heterocycles. The first-order chi connectivity index (χ1) is 19.9. The molecule has 0 aromatic heterocycles. The van der Waals surface area contributed by atoms with Gasteiger partial charge in [0.05, 0.1) is 16.6 Å². The molecular formula is C33H35N3O3S2. The van der Waals surface area contributed by atoms with Gasteiger partial charge >= 0.3 is 0 Å². The van der Waals surface area contributed by atoms with E-state index >= 15 is 0 Å². The number of nitrogens with zero attached hydrogens (tertiary/aromatic N) is 3. The van der Waals surface area contributed by atoms with Gasteiger partial charge in [0.2, 0.25) is 5.91 Å². The second-order valence-electron chi connectivity index (χ2n) is 10.2. The molecule has 1 fully saturated rings. The van der Waals surface area contributed by atoms with Crippen molar-refractivity contribution in [3.8, 4) is 0 Å². The van der Waals surface area contributed by atoms with Crippen LogP contribution in [0.2, 0.25) is 0 Å². The molecule has 1 aliphatic rings. The second kappa shape index (κ2) is 12.9. The number of carbonyl (C=O) groups excluding carboxylic acids is 1. The quantitative estimate of drug-likeness (QED) is 0.231. The minimum absolute atomic E-state index is 0.0864. The number of rotatable bonds is 9. The Morgan fingerprint density at radius 1 is 0.780 bits per heavy atom. The summed E-state index contributed by atoms with van der Waals surface area (Å²) < 4.78 is 28.9. The first-order valence-electron chi connectivity index (χ1n) is 13.7. The van der Waals surface area contributed by atoms with E-state index in [0.717, 1.165) is 10.5 Å². The van der Waals surface area contributed by atoms with Crippen LogP contribution < -0.4 is 4.31 Å². The topological polar surface area (TPSA) is 60.9 Å². The van der Waals surface area contributed by atoms with Crippen LogP contribution in [-0.4, -0.2) is 63.1 Å². The van der Waals surface area contributed by atoms with E-state index in [1.54, 1.807) is 53.1 Å². The second-order valence-corrected chi connectivity index (χ2v) is 12.9. The van der Waals surface area contributed by atoms with Gasteiger partial charge in [-0.15, -0.1) is 11.8 Å². The Labute approximate surface area is 247 Å². The van der Waals surface area contributed by atoms with Crippen molar-refractivity contribution < 1.29 is 13.2 Å². The molecule has 0 atom stereocenters. The standard InChI is InChI=1S/C33H35N3O3S2/c1-26-13-15-29(16-14-26)36(41(38,39)31-19-17-30(40-2)18-20-31)25-32(37)34-21-23-35(24-22-34)33(27-9-5-3-6-10-27)28-11-7-4-8-12-28/h3-20,33H,21-25H2,1-2H3. The SMILES string of the molecule is CSc1ccc(S(=O)(=O)N(CC(=O)N2CCN(C(c3ccccc3)c3ccccc3)CC2)c2ccc(C)cc2)cc1. The van der Waals surface area contributed by atoms with E-state index in [4.69, 9.17) is 0 Å². The normalized spacial score (nSPS) is 14.3. The van der Waals surface area contributed by atoms with E-state index < -0.39 is 10.0 Å². The zero-order valence-corrected chi connectivity index (χ0v) is 25.0. The van der Waals surface area contributed by atoms with E-state index in [2.05, 4.69) is 53.4 Å². The Hall–Kier alpha value is -3.59. The van der Waals surface area contributed by atoms with E-state index in [-0.39, 0.29) is 23.4 Å². The molecule has 212 valence electrons. The lowest BCUT2D eigenvalue weighted by Crippen LogP contribution is -2.52. The van der Waals surface area contributed by atoms with Gasteiger partial charge in [-0.3, -0.25) is 14.0 Å². The molecule has 41 heavy (non-hydrogen) atoms. The van der Waals surface area contributed by atoms with Crippen molar-refractivity contribution >= 4 is 33.4 Å². The lowest BCUT2D eigenvalue weighted by Gasteiger charge is -2.40. The summed E-state index contributed by atoms with van der Waals surface area (Å²) in [5.41, 5.74) is 3.92. The predicted molar refractivity (Wildman–Crippen MR) is 167 cm³/mol. The summed E-state index contributed by atoms with van der Waals surface area (Å²) in [6.45, 7) is 4.13. The van der Waals surface area contributed by atoms with Crippen LogP contribution in [0.25, 0.3) is 0 Å². The molecule has 6 nitrogen and oxygen atoms in total. The monoisotopic (exact) mass is 585 g/mol. The number of hydrogen-bond donors (Lipinski definition) is 0. The number of aryl methyl sites for hydroxylation is 1. The van der Waals surface area contributed by atoms with Crippen molar-refractivity contribution in [2.45, 2.75) is 22.8 Å². The number of carbonyl (C=O) groups is 1. The smallest absolute Gasteiger partial charge is 0.264 e. The van der Waals surface area contributed by atoms with Crippen LogP contribution in [0.4, 0.5) is 5.69 Å². The van der Waals surface area contributed by atoms with Crippen LogP contribution in [0.3, 0.4) is 0 Å². The zero-order chi connectivity index (χ0) is 28.8. The van der Waals surface area contributed by atoms with Crippen molar-refractivity contribution in [1.82, 2.24) is 9.80 Å². The van der Waals surface area contributed by atoms with Crippen LogP contribution in [0.5, 0.6) is 0 Å². The van der Waals surface area contributed by atoms with E-state index in [0.29, 0.717) is 31.9 Å². The highest BCUT2D eigenvalue weighted by Gasteiger charge is 2.32. The maximum absolute atomic E-state index is 13.8. The fourth-order valence-electron chi connectivity index (χ4n) is 5.24. The van der Waals surface area contributed by atoms with Crippen LogP contribution >= 0.6 is 11.8 Å². The number of amides is 1. The summed E-state index contributed by atoms with van der Waals surface area (Å²) in [7, 11) is -3.96. The van der Waals surface area contributed by atoms with Crippen LogP contribution in [0.15, 0.2) is 119 Å². The fourth-order valence-corrected chi connectivity index (χ4v) is 7.06. The third kappa shape index (κ3) is 6.67. The summed E-state index contributed by atoms with van der Waals surface area (Å²) >= 11 is 1.55. The van der Waals surface area contributed by atoms with Gasteiger partial charge in [-0.05, 0) is 60.7 Å². The van der Waals surface area contributed by atoms with E-state index in [1.165, 1.54) is 15.4 Å². The number of sulfonamides is 1. The van der Waals surface area contributed by atoms with Gasteiger partial charge in [0, 0.05) is 31.1 Å². The maximum atomic E-state index is 13.8. The minimum Gasteiger partial charge on any atom is -0.339 e. The third-order valence-electron chi connectivity index (χ3n) is 7.51. The van der Waals surface area contributed by atoms with Gasteiger partial charge in [0.1, 0.15) is 6.54 Å². The number of hydrogen-bond acceptors (Lipinski definition) is 5. The van der Waals surface area contributed by atoms with Gasteiger partial charge < -0.3 is 4.90 Å². The number of anilines is 1. The lowest BCUT2D eigenvalue weighted by molar-refractivity contribution is -0.131. The number of benzene rings is 4. The van der Waals surface area contributed by atoms with Gasteiger partial charge in [0.15, 0.2) is 0 Å². The first kappa shape index (κ1) is 28.9. The predicted octanol–water partition coefficient (Wildman–Crippen LogP) is 5.85. The summed E-state index contributed by atoms with van der Waals surface area (Å²) in [4.78, 5) is 19.0. The number of thioether (sulfide) groups is 1. The van der Waals surface area contributed by atoms with Crippen LogP contribution in [0.1, 0.15) is 22.7 Å². The van der Waals surface area contributed by atoms with Gasteiger partial charge in [-0.2, -0.15) is 0 Å². The van der Waals surface area contributed by atoms with Crippen LogP contribution in [0, 0.1) is 6.92 Å². The Kier molecular flexibility index (Phi) is 9.12. The Balaban J connectivity index is 1.34. The Bertz CT molecular complexity index is 1500. The highest BCUT2D eigenvalue weighted by Crippen LogP contribution is 2.30. The molecule has 4 aromatic carbocycles. The molecule has 0 aliphatic carbocycles. The molecule has 0 radical (unpaired) electrons. The summed E-state index contributed by atoms with van der Waals surface area (Å²) in [5.74, 6) is -0.203. The largest absolute Gasteiger partial charge is 0.339 e. The molecule has 1 amide bonds. The molecule has 0 spiro atoms. The zero-order valence-electron chi connectivity index (χ0n) is 23.4. The first-order valence-corrected chi connectivity index (χ1v) is 16.4. The van der Waals surface area contributed by atoms with Crippen molar-refractivity contribution in [2.24, 2.45) is 0 Å². The van der Waals surface area contributed by atoms with Gasteiger partial charge in [-0.1, -0.05) is 78.4 Å². The van der Waals surface area contributed by atoms with Crippen LogP contribution in [-0.2, 0) is 14.8 Å². The van der Waals surface area contributed by atoms with Crippen molar-refractivity contribution in [2.75, 3.05) is 43.3 Å². The lowest BCUT2D eigenvalue weighted by atomic mass is 9.96. The molecular weight excluding hydrogens is 551 g/mol. The fraction of sp³-hybridized carbons (Fsp3) is 0.242. The maximum Gasteiger partial charge on any atom is 0.264 e. The van der Waals surface area contributed by atoms with E-state index in [9.17, 15) is 13.2 Å². The molecule has 0 unspecified atom stereocenters. The Morgan fingerprint density at radius 3 is 1.83 bits per heavy atom. The number of piperazine rings is 1. The third-order valence-corrected chi connectivity index (χ3v) is 10.0. The average Bonchev–Trinajstić information content (AvgIpc) is 3.02. The molecule has 8 heteroatoms. The van der Waals surface area contributed by atoms with Crippen molar-refractivity contribution in [3.05, 3.63) is 126 Å². The summed E-state index contributed by atoms with van der Waals surface area (Å²) in [5, 5.41) is 0. The van der Waals surface area contributed by atoms with Gasteiger partial charge in [-0.25, -0.2) is 8.42 Å². The highest BCUT2D eigenvalue weighted by molar-refractivity contribution is 7.98. The molecule has 5 rings (SSSR count). The molecule has 1 saturated heterocycles. The van der Waals surface area contributed by atoms with Crippen molar-refractivity contribution in [1.29, 1.82) is 0 Å². The highest BCUT2D eigenvalue weighted by atomic mass is 32.2. The van der Waals surface area contributed by atoms with Gasteiger partial charge in [0.25, 0.3) is 10.0 Å². The summed E-state index contributed by atoms with van der Waals surface area (Å²) in [6.07, 6.45) is 1.95. The average molecular weight is 586 g/mol. The molecule has 0 saturated carbocycles. The molecule has 0 bridgehead atoms. The molecule has 0 N–H and O–H groups in total. The summed E-state index contributed by atoms with van der Waals surface area (Å²) in [6, 6.07) is 35.0. The minimum atomic E-state index is -3.96. The van der Waals surface area contributed by atoms with Crippen molar-refractivity contribution in [3.63, 3.8) is 0 Å². The van der Waals surface area contributed by atoms with E-state index in [1.807, 2.05) is 37.4 Å².